The standard InChI is InChI=1S/C19H16N4O4S/c1-12-2-3-15-20-14(8-17(24)23(15)9-12)10-26-18(25)5-4-16-21-22-19(27-16)13-6-7-28-11-13/h2-3,6-9,11H,4-5,10H2,1H3. The number of nitrogens with zero attached hydrogens (tertiary/aromatic N) is 4. The number of aromatic nitrogens is 4. The van der Waals surface area contributed by atoms with Gasteiger partial charge in [-0.2, -0.15) is 11.3 Å². The van der Waals surface area contributed by atoms with Crippen molar-refractivity contribution in [3.8, 4) is 11.5 Å². The van der Waals surface area contributed by atoms with Crippen molar-refractivity contribution in [1.82, 2.24) is 19.6 Å². The van der Waals surface area contributed by atoms with Crippen molar-refractivity contribution >= 4 is 23.0 Å². The van der Waals surface area contributed by atoms with Gasteiger partial charge in [0.1, 0.15) is 12.3 Å². The maximum atomic E-state index is 12.2. The second-order valence-electron chi connectivity index (χ2n) is 6.19. The number of aryl methyl sites for hydroxylation is 2. The van der Waals surface area contributed by atoms with Crippen LogP contribution in [0.4, 0.5) is 0 Å². The number of hydrogen-bond acceptors (Lipinski definition) is 8. The smallest absolute Gasteiger partial charge is 0.306 e. The fraction of sp³-hybridized carbons (Fsp3) is 0.211. The largest absolute Gasteiger partial charge is 0.459 e. The minimum Gasteiger partial charge on any atom is -0.459 e. The van der Waals surface area contributed by atoms with E-state index < -0.39 is 5.97 Å². The normalized spacial score (nSPS) is 11.0. The molecule has 0 aliphatic heterocycles. The molecule has 0 aromatic carbocycles. The summed E-state index contributed by atoms with van der Waals surface area (Å²) < 4.78 is 12.2. The maximum absolute atomic E-state index is 12.2. The summed E-state index contributed by atoms with van der Waals surface area (Å²) in [7, 11) is 0. The molecule has 0 saturated carbocycles. The van der Waals surface area contributed by atoms with Crippen LogP contribution in [0.15, 0.2) is 50.4 Å². The van der Waals surface area contributed by atoms with E-state index in [4.69, 9.17) is 9.15 Å². The lowest BCUT2D eigenvalue weighted by molar-refractivity contribution is -0.145. The molecule has 4 aromatic heterocycles. The van der Waals surface area contributed by atoms with E-state index in [1.165, 1.54) is 21.8 Å². The Bertz CT molecular complexity index is 1180. The van der Waals surface area contributed by atoms with Gasteiger partial charge in [0.25, 0.3) is 5.56 Å². The van der Waals surface area contributed by atoms with Crippen LogP contribution in [0.1, 0.15) is 23.6 Å². The molecule has 0 bridgehead atoms. The SMILES string of the molecule is Cc1ccc2nc(COC(=O)CCc3nnc(-c4ccsc4)o3)cc(=O)n2c1. The van der Waals surface area contributed by atoms with Crippen molar-refractivity contribution in [2.45, 2.75) is 26.4 Å². The third-order valence-corrected chi connectivity index (χ3v) is 4.70. The number of esters is 1. The van der Waals surface area contributed by atoms with Gasteiger partial charge in [0.05, 0.1) is 12.1 Å². The van der Waals surface area contributed by atoms with Gasteiger partial charge in [0, 0.05) is 29.6 Å². The lowest BCUT2D eigenvalue weighted by atomic mass is 10.3. The maximum Gasteiger partial charge on any atom is 0.306 e. The summed E-state index contributed by atoms with van der Waals surface area (Å²) in [6, 6.07) is 6.87. The fourth-order valence-corrected chi connectivity index (χ4v) is 3.25. The number of ether oxygens (including phenoxy) is 1. The highest BCUT2D eigenvalue weighted by molar-refractivity contribution is 7.08. The van der Waals surface area contributed by atoms with Crippen molar-refractivity contribution < 1.29 is 13.9 Å². The first-order valence-electron chi connectivity index (χ1n) is 8.58. The van der Waals surface area contributed by atoms with E-state index >= 15 is 0 Å². The van der Waals surface area contributed by atoms with Gasteiger partial charge < -0.3 is 9.15 Å². The topological polar surface area (TPSA) is 99.6 Å². The lowest BCUT2D eigenvalue weighted by Crippen LogP contribution is -2.17. The molecular weight excluding hydrogens is 380 g/mol. The van der Waals surface area contributed by atoms with Crippen LogP contribution in [0.25, 0.3) is 17.1 Å². The van der Waals surface area contributed by atoms with E-state index in [1.54, 1.807) is 12.3 Å². The monoisotopic (exact) mass is 396 g/mol. The molecule has 9 heteroatoms. The van der Waals surface area contributed by atoms with Gasteiger partial charge in [-0.25, -0.2) is 4.98 Å². The Labute approximate surface area is 163 Å². The summed E-state index contributed by atoms with van der Waals surface area (Å²) in [6.45, 7) is 1.83. The van der Waals surface area contributed by atoms with Crippen molar-refractivity contribution in [2.24, 2.45) is 0 Å². The van der Waals surface area contributed by atoms with Crippen LogP contribution < -0.4 is 5.56 Å². The zero-order valence-corrected chi connectivity index (χ0v) is 15.8. The average Bonchev–Trinajstić information content (AvgIpc) is 3.37. The lowest BCUT2D eigenvalue weighted by Gasteiger charge is -2.06. The van der Waals surface area contributed by atoms with E-state index in [-0.39, 0.29) is 25.0 Å². The zero-order chi connectivity index (χ0) is 19.5. The fourth-order valence-electron chi connectivity index (χ4n) is 2.63. The molecule has 0 spiro atoms. The molecule has 0 radical (unpaired) electrons. The highest BCUT2D eigenvalue weighted by Gasteiger charge is 2.12. The molecule has 4 heterocycles. The average molecular weight is 396 g/mol. The molecule has 28 heavy (non-hydrogen) atoms. The number of fused-ring (bicyclic) bond motifs is 1. The number of thiophene rings is 1. The minimum absolute atomic E-state index is 0.0670. The highest BCUT2D eigenvalue weighted by Crippen LogP contribution is 2.20. The first-order chi connectivity index (χ1) is 13.6. The van der Waals surface area contributed by atoms with Crippen LogP contribution in [0.2, 0.25) is 0 Å². The summed E-state index contributed by atoms with van der Waals surface area (Å²) in [5.74, 6) is 0.373. The summed E-state index contributed by atoms with van der Waals surface area (Å²) in [6.07, 6.45) is 2.09. The second kappa shape index (κ2) is 7.73. The molecule has 0 N–H and O–H groups in total. The molecule has 0 aliphatic rings. The summed E-state index contributed by atoms with van der Waals surface area (Å²) in [4.78, 5) is 28.5. The van der Waals surface area contributed by atoms with E-state index in [0.717, 1.165) is 11.1 Å². The number of carbonyl (C=O) groups is 1. The van der Waals surface area contributed by atoms with Gasteiger partial charge in [-0.15, -0.1) is 10.2 Å². The Kier molecular flexibility index (Phi) is 4.98. The van der Waals surface area contributed by atoms with Crippen LogP contribution in [0, 0.1) is 6.92 Å². The molecule has 0 fully saturated rings. The first-order valence-corrected chi connectivity index (χ1v) is 9.52. The van der Waals surface area contributed by atoms with Crippen LogP contribution in [-0.2, 0) is 22.6 Å². The number of hydrogen-bond donors (Lipinski definition) is 0. The van der Waals surface area contributed by atoms with E-state index in [0.29, 0.717) is 23.1 Å². The quantitative estimate of drug-likeness (QED) is 0.462. The Morgan fingerprint density at radius 1 is 1.29 bits per heavy atom. The van der Waals surface area contributed by atoms with Gasteiger partial charge in [0.15, 0.2) is 0 Å². The van der Waals surface area contributed by atoms with Crippen molar-refractivity contribution in [2.75, 3.05) is 0 Å². The Balaban J connectivity index is 1.34. The number of rotatable bonds is 6. The Hall–Kier alpha value is -3.33. The van der Waals surface area contributed by atoms with Gasteiger partial charge >= 0.3 is 5.97 Å². The van der Waals surface area contributed by atoms with Crippen molar-refractivity contribution in [3.05, 3.63) is 68.7 Å². The number of carbonyl (C=O) groups excluding carboxylic acids is 1. The Morgan fingerprint density at radius 3 is 3.00 bits per heavy atom. The molecule has 4 aromatic rings. The van der Waals surface area contributed by atoms with E-state index in [9.17, 15) is 9.59 Å². The molecule has 8 nitrogen and oxygen atoms in total. The van der Waals surface area contributed by atoms with Crippen LogP contribution >= 0.6 is 11.3 Å². The summed E-state index contributed by atoms with van der Waals surface area (Å²) >= 11 is 1.54. The molecule has 0 amide bonds. The number of pyridine rings is 1. The van der Waals surface area contributed by atoms with Crippen molar-refractivity contribution in [3.63, 3.8) is 0 Å². The predicted octanol–water partition coefficient (Wildman–Crippen LogP) is 2.79. The summed E-state index contributed by atoms with van der Waals surface area (Å²) in [5, 5.41) is 11.7. The van der Waals surface area contributed by atoms with E-state index in [1.807, 2.05) is 29.8 Å². The van der Waals surface area contributed by atoms with Gasteiger partial charge in [0.2, 0.25) is 11.8 Å². The third kappa shape index (κ3) is 3.99. The van der Waals surface area contributed by atoms with Crippen LogP contribution in [0.5, 0.6) is 0 Å². The molecule has 142 valence electrons. The third-order valence-electron chi connectivity index (χ3n) is 4.02. The van der Waals surface area contributed by atoms with Gasteiger partial charge in [-0.1, -0.05) is 6.07 Å². The minimum atomic E-state index is -0.429. The van der Waals surface area contributed by atoms with E-state index in [2.05, 4.69) is 15.2 Å². The van der Waals surface area contributed by atoms with Crippen molar-refractivity contribution in [1.29, 1.82) is 0 Å². The first kappa shape index (κ1) is 18.1. The highest BCUT2D eigenvalue weighted by atomic mass is 32.1. The van der Waals surface area contributed by atoms with Crippen LogP contribution in [0.3, 0.4) is 0 Å². The molecule has 0 saturated heterocycles. The molecule has 0 aliphatic carbocycles. The molecular formula is C19H16N4O4S. The van der Waals surface area contributed by atoms with Crippen LogP contribution in [-0.4, -0.2) is 25.6 Å². The van der Waals surface area contributed by atoms with Gasteiger partial charge in [-0.05, 0) is 30.0 Å². The molecule has 0 atom stereocenters. The Morgan fingerprint density at radius 2 is 2.18 bits per heavy atom. The summed E-state index contributed by atoms with van der Waals surface area (Å²) in [5.41, 5.74) is 2.51. The predicted molar refractivity (Wildman–Crippen MR) is 102 cm³/mol. The molecule has 0 unspecified atom stereocenters. The second-order valence-corrected chi connectivity index (χ2v) is 6.97. The van der Waals surface area contributed by atoms with Gasteiger partial charge in [-0.3, -0.25) is 14.0 Å². The zero-order valence-electron chi connectivity index (χ0n) is 15.0. The molecule has 4 rings (SSSR count).